The van der Waals surface area contributed by atoms with Gasteiger partial charge >= 0.3 is 0 Å². The van der Waals surface area contributed by atoms with Gasteiger partial charge in [0, 0.05) is 4.47 Å². The molecular weight excluding hydrogens is 300 g/mol. The van der Waals surface area contributed by atoms with Gasteiger partial charge in [-0.2, -0.15) is 9.78 Å². The Balaban J connectivity index is 2.28. The molecule has 0 bridgehead atoms. The number of hydrogen-bond acceptors (Lipinski definition) is 4. The van der Waals surface area contributed by atoms with Crippen molar-refractivity contribution in [3.8, 4) is 0 Å². The van der Waals surface area contributed by atoms with Crippen LogP contribution in [0.3, 0.4) is 0 Å². The molecule has 0 unspecified atom stereocenters. The van der Waals surface area contributed by atoms with Crippen LogP contribution in [0.5, 0.6) is 0 Å². The molecule has 1 aromatic carbocycles. The Morgan fingerprint density at radius 2 is 2.24 bits per heavy atom. The molecule has 4 nitrogen and oxygen atoms in total. The summed E-state index contributed by atoms with van der Waals surface area (Å²) in [6, 6.07) is 7.95. The number of benzene rings is 1. The summed E-state index contributed by atoms with van der Waals surface area (Å²) in [5.41, 5.74) is 1.03. The summed E-state index contributed by atoms with van der Waals surface area (Å²) >= 11 is 4.95. The van der Waals surface area contributed by atoms with Gasteiger partial charge in [-0.15, -0.1) is 10.2 Å². The second kappa shape index (κ2) is 5.46. The molecule has 0 spiro atoms. The highest BCUT2D eigenvalue weighted by Gasteiger charge is 2.05. The minimum Gasteiger partial charge on any atom is -0.192 e. The SMILES string of the molecule is CSc1nnc(C)n1/N=C\c1cccc(Br)c1. The number of halogens is 1. The molecule has 0 aliphatic carbocycles. The average molecular weight is 311 g/mol. The number of rotatable bonds is 3. The molecule has 88 valence electrons. The lowest BCUT2D eigenvalue weighted by Gasteiger charge is -1.99. The molecular formula is C11H11BrN4S. The van der Waals surface area contributed by atoms with Gasteiger partial charge in [0.25, 0.3) is 0 Å². The van der Waals surface area contributed by atoms with Gasteiger partial charge in [0.1, 0.15) is 0 Å². The first kappa shape index (κ1) is 12.3. The minimum absolute atomic E-state index is 0.778. The Morgan fingerprint density at radius 3 is 2.94 bits per heavy atom. The van der Waals surface area contributed by atoms with Gasteiger partial charge in [-0.1, -0.05) is 39.8 Å². The van der Waals surface area contributed by atoms with Crippen LogP contribution in [0.2, 0.25) is 0 Å². The summed E-state index contributed by atoms with van der Waals surface area (Å²) in [5, 5.41) is 13.2. The molecule has 0 saturated heterocycles. The summed E-state index contributed by atoms with van der Waals surface area (Å²) in [5.74, 6) is 0.778. The predicted octanol–water partition coefficient (Wildman–Crippen LogP) is 2.95. The molecule has 1 heterocycles. The Morgan fingerprint density at radius 1 is 1.41 bits per heavy atom. The topological polar surface area (TPSA) is 43.1 Å². The number of nitrogens with zero attached hydrogens (tertiary/aromatic N) is 4. The monoisotopic (exact) mass is 310 g/mol. The molecule has 2 rings (SSSR count). The Kier molecular flexibility index (Phi) is 3.96. The third-order valence-electron chi connectivity index (χ3n) is 2.12. The van der Waals surface area contributed by atoms with E-state index in [2.05, 4.69) is 31.2 Å². The van der Waals surface area contributed by atoms with Crippen LogP contribution in [0.4, 0.5) is 0 Å². The van der Waals surface area contributed by atoms with E-state index in [1.54, 1.807) is 10.9 Å². The maximum atomic E-state index is 4.37. The van der Waals surface area contributed by atoms with Crippen LogP contribution < -0.4 is 0 Å². The van der Waals surface area contributed by atoms with E-state index in [-0.39, 0.29) is 0 Å². The van der Waals surface area contributed by atoms with Gasteiger partial charge in [-0.05, 0) is 30.9 Å². The first-order chi connectivity index (χ1) is 8.20. The van der Waals surface area contributed by atoms with Gasteiger partial charge in [0.15, 0.2) is 5.82 Å². The highest BCUT2D eigenvalue weighted by molar-refractivity contribution is 9.10. The lowest BCUT2D eigenvalue weighted by atomic mass is 10.2. The number of hydrogen-bond donors (Lipinski definition) is 0. The highest BCUT2D eigenvalue weighted by Crippen LogP contribution is 2.13. The fraction of sp³-hybridized carbons (Fsp3) is 0.182. The van der Waals surface area contributed by atoms with E-state index in [4.69, 9.17) is 0 Å². The van der Waals surface area contributed by atoms with Crippen molar-refractivity contribution in [3.05, 3.63) is 40.1 Å². The summed E-state index contributed by atoms with van der Waals surface area (Å²) < 4.78 is 2.76. The molecule has 6 heteroatoms. The van der Waals surface area contributed by atoms with Crippen molar-refractivity contribution in [2.45, 2.75) is 12.1 Å². The average Bonchev–Trinajstić information content (AvgIpc) is 2.67. The van der Waals surface area contributed by atoms with E-state index >= 15 is 0 Å². The van der Waals surface area contributed by atoms with Crippen LogP contribution in [0, 0.1) is 6.92 Å². The second-order valence-corrected chi connectivity index (χ2v) is 5.03. The fourth-order valence-electron chi connectivity index (χ4n) is 1.31. The van der Waals surface area contributed by atoms with Crippen molar-refractivity contribution >= 4 is 33.9 Å². The lowest BCUT2D eigenvalue weighted by Crippen LogP contribution is -1.95. The lowest BCUT2D eigenvalue weighted by molar-refractivity contribution is 0.745. The zero-order valence-corrected chi connectivity index (χ0v) is 11.9. The van der Waals surface area contributed by atoms with Crippen LogP contribution >= 0.6 is 27.7 Å². The minimum atomic E-state index is 0.778. The summed E-state index contributed by atoms with van der Waals surface area (Å²) in [6.45, 7) is 1.88. The molecule has 17 heavy (non-hydrogen) atoms. The summed E-state index contributed by atoms with van der Waals surface area (Å²) in [7, 11) is 0. The van der Waals surface area contributed by atoms with Gasteiger partial charge in [0.2, 0.25) is 5.16 Å². The molecule has 0 aliphatic heterocycles. The molecule has 0 atom stereocenters. The fourth-order valence-corrected chi connectivity index (χ4v) is 2.20. The third-order valence-corrected chi connectivity index (χ3v) is 3.23. The van der Waals surface area contributed by atoms with E-state index in [1.165, 1.54) is 11.8 Å². The second-order valence-electron chi connectivity index (χ2n) is 3.35. The molecule has 0 saturated carbocycles. The van der Waals surface area contributed by atoms with Gasteiger partial charge < -0.3 is 0 Å². The van der Waals surface area contributed by atoms with Crippen molar-refractivity contribution in [2.75, 3.05) is 6.26 Å². The molecule has 2 aromatic rings. The van der Waals surface area contributed by atoms with Crippen molar-refractivity contribution in [2.24, 2.45) is 5.10 Å². The Hall–Kier alpha value is -1.14. The molecule has 1 aromatic heterocycles. The van der Waals surface area contributed by atoms with E-state index in [0.717, 1.165) is 21.0 Å². The molecule has 0 N–H and O–H groups in total. The number of thioether (sulfide) groups is 1. The Labute approximate surface area is 112 Å². The first-order valence-corrected chi connectivity index (χ1v) is 6.98. The van der Waals surface area contributed by atoms with E-state index in [9.17, 15) is 0 Å². The third kappa shape index (κ3) is 2.95. The molecule has 0 radical (unpaired) electrons. The largest absolute Gasteiger partial charge is 0.211 e. The standard InChI is InChI=1S/C11H11BrN4S/c1-8-14-15-11(17-2)16(8)13-7-9-4-3-5-10(12)6-9/h3-7H,1-2H3/b13-7-. The van der Waals surface area contributed by atoms with Crippen LogP contribution in [0.1, 0.15) is 11.4 Å². The van der Waals surface area contributed by atoms with Crippen molar-refractivity contribution in [1.29, 1.82) is 0 Å². The van der Waals surface area contributed by atoms with Crippen LogP contribution in [0.25, 0.3) is 0 Å². The van der Waals surface area contributed by atoms with Crippen LogP contribution in [-0.2, 0) is 0 Å². The van der Waals surface area contributed by atoms with Gasteiger partial charge in [-0.25, -0.2) is 0 Å². The van der Waals surface area contributed by atoms with Crippen molar-refractivity contribution in [3.63, 3.8) is 0 Å². The van der Waals surface area contributed by atoms with E-state index < -0.39 is 0 Å². The van der Waals surface area contributed by atoms with E-state index in [0.29, 0.717) is 0 Å². The van der Waals surface area contributed by atoms with Crippen molar-refractivity contribution in [1.82, 2.24) is 14.9 Å². The van der Waals surface area contributed by atoms with Crippen LogP contribution in [-0.4, -0.2) is 27.3 Å². The number of aryl methyl sites for hydroxylation is 1. The summed E-state index contributed by atoms with van der Waals surface area (Å²) in [6.07, 6.45) is 3.75. The predicted molar refractivity (Wildman–Crippen MR) is 73.7 cm³/mol. The zero-order chi connectivity index (χ0) is 12.3. The maximum Gasteiger partial charge on any atom is 0.211 e. The highest BCUT2D eigenvalue weighted by atomic mass is 79.9. The quantitative estimate of drug-likeness (QED) is 0.646. The van der Waals surface area contributed by atoms with E-state index in [1.807, 2.05) is 37.4 Å². The first-order valence-electron chi connectivity index (χ1n) is 4.96. The normalized spacial score (nSPS) is 11.2. The Bertz CT molecular complexity index is 550. The molecule has 0 fully saturated rings. The molecule has 0 aliphatic rings. The van der Waals surface area contributed by atoms with Gasteiger partial charge in [-0.3, -0.25) is 0 Å². The van der Waals surface area contributed by atoms with Gasteiger partial charge in [0.05, 0.1) is 6.21 Å². The van der Waals surface area contributed by atoms with Crippen LogP contribution in [0.15, 0.2) is 39.0 Å². The van der Waals surface area contributed by atoms with Crippen molar-refractivity contribution < 1.29 is 0 Å². The zero-order valence-electron chi connectivity index (χ0n) is 9.46. The molecule has 0 amide bonds. The number of aromatic nitrogens is 3. The maximum absolute atomic E-state index is 4.37. The smallest absolute Gasteiger partial charge is 0.192 e. The summed E-state index contributed by atoms with van der Waals surface area (Å²) in [4.78, 5) is 0.